The number of esters is 1. The van der Waals surface area contributed by atoms with Crippen LogP contribution in [0, 0.1) is 5.82 Å². The first kappa shape index (κ1) is 16.6. The van der Waals surface area contributed by atoms with Crippen LogP contribution in [-0.4, -0.2) is 33.0 Å². The second-order valence-corrected chi connectivity index (χ2v) is 6.96. The summed E-state index contributed by atoms with van der Waals surface area (Å²) in [5.41, 5.74) is 0.847. The van der Waals surface area contributed by atoms with Gasteiger partial charge in [-0.2, -0.15) is 0 Å². The van der Waals surface area contributed by atoms with Crippen molar-refractivity contribution >= 4 is 15.8 Å². The zero-order valence-corrected chi connectivity index (χ0v) is 12.7. The van der Waals surface area contributed by atoms with Crippen LogP contribution in [-0.2, 0) is 25.8 Å². The van der Waals surface area contributed by atoms with Crippen LogP contribution in [0.25, 0.3) is 0 Å². The van der Waals surface area contributed by atoms with Gasteiger partial charge in [-0.05, 0) is 37.5 Å². The van der Waals surface area contributed by atoms with E-state index in [1.807, 2.05) is 0 Å². The van der Waals surface area contributed by atoms with Crippen molar-refractivity contribution in [3.05, 3.63) is 35.1 Å². The molecule has 1 atom stereocenters. The van der Waals surface area contributed by atoms with E-state index in [0.29, 0.717) is 11.1 Å². The minimum Gasteiger partial charge on any atom is -0.466 e. The van der Waals surface area contributed by atoms with Gasteiger partial charge in [-0.1, -0.05) is 12.1 Å². The minimum atomic E-state index is -3.13. The van der Waals surface area contributed by atoms with Crippen molar-refractivity contribution < 1.29 is 22.3 Å². The fourth-order valence-electron chi connectivity index (χ4n) is 1.73. The zero-order chi connectivity index (χ0) is 15.3. The van der Waals surface area contributed by atoms with E-state index >= 15 is 0 Å². The summed E-state index contributed by atoms with van der Waals surface area (Å²) in [6, 6.07) is 4.41. The molecule has 4 nitrogen and oxygen atoms in total. The second kappa shape index (κ2) is 6.83. The Morgan fingerprint density at radius 3 is 2.55 bits per heavy atom. The van der Waals surface area contributed by atoms with Gasteiger partial charge in [0.15, 0.2) is 0 Å². The third-order valence-electron chi connectivity index (χ3n) is 2.96. The highest BCUT2D eigenvalue weighted by Crippen LogP contribution is 2.20. The monoisotopic (exact) mass is 302 g/mol. The molecule has 0 amide bonds. The Morgan fingerprint density at radius 2 is 2.05 bits per heavy atom. The Labute approximate surface area is 118 Å². The summed E-state index contributed by atoms with van der Waals surface area (Å²) >= 11 is 0. The van der Waals surface area contributed by atoms with Gasteiger partial charge in [0.25, 0.3) is 0 Å². The summed E-state index contributed by atoms with van der Waals surface area (Å²) in [7, 11) is -3.13. The zero-order valence-electron chi connectivity index (χ0n) is 11.8. The number of ether oxygens (including phenoxy) is 1. The average Bonchev–Trinajstić information content (AvgIpc) is 2.35. The Kier molecular flexibility index (Phi) is 5.68. The lowest BCUT2D eigenvalue weighted by atomic mass is 9.99. The van der Waals surface area contributed by atoms with Crippen LogP contribution in [0.4, 0.5) is 4.39 Å². The molecule has 0 radical (unpaired) electrons. The van der Waals surface area contributed by atoms with Crippen LogP contribution in [0.3, 0.4) is 0 Å². The maximum atomic E-state index is 13.9. The predicted molar refractivity (Wildman–Crippen MR) is 74.9 cm³/mol. The Morgan fingerprint density at radius 1 is 1.40 bits per heavy atom. The smallest absolute Gasteiger partial charge is 0.313 e. The molecule has 1 rings (SSSR count). The van der Waals surface area contributed by atoms with Crippen LogP contribution < -0.4 is 0 Å². The van der Waals surface area contributed by atoms with Gasteiger partial charge in [-0.15, -0.1) is 0 Å². The van der Waals surface area contributed by atoms with E-state index in [2.05, 4.69) is 0 Å². The topological polar surface area (TPSA) is 60.4 Å². The Balaban J connectivity index is 2.85. The lowest BCUT2D eigenvalue weighted by molar-refractivity contribution is -0.144. The highest BCUT2D eigenvalue weighted by Gasteiger charge is 2.18. The SMILES string of the molecule is CCOC(=O)C(C)c1ccc(CCS(C)(=O)=O)c(F)c1. The van der Waals surface area contributed by atoms with Crippen molar-refractivity contribution in [3.63, 3.8) is 0 Å². The molecule has 0 aliphatic heterocycles. The lowest BCUT2D eigenvalue weighted by Crippen LogP contribution is -2.13. The number of rotatable bonds is 6. The van der Waals surface area contributed by atoms with Crippen molar-refractivity contribution in [2.75, 3.05) is 18.6 Å². The molecule has 0 fully saturated rings. The number of hydrogen-bond acceptors (Lipinski definition) is 4. The van der Waals surface area contributed by atoms with E-state index in [9.17, 15) is 17.6 Å². The van der Waals surface area contributed by atoms with Crippen LogP contribution in [0.5, 0.6) is 0 Å². The number of aryl methyl sites for hydroxylation is 1. The van der Waals surface area contributed by atoms with E-state index in [4.69, 9.17) is 4.74 Å². The summed E-state index contributed by atoms with van der Waals surface area (Å²) in [5, 5.41) is 0. The summed E-state index contributed by atoms with van der Waals surface area (Å²) in [6.07, 6.45) is 1.24. The third kappa shape index (κ3) is 4.92. The fourth-order valence-corrected chi connectivity index (χ4v) is 2.33. The number of sulfone groups is 1. The molecule has 0 bridgehead atoms. The highest BCUT2D eigenvalue weighted by molar-refractivity contribution is 7.90. The first-order chi connectivity index (χ1) is 9.24. The maximum absolute atomic E-state index is 13.9. The average molecular weight is 302 g/mol. The van der Waals surface area contributed by atoms with E-state index in [1.54, 1.807) is 19.9 Å². The molecule has 0 aliphatic rings. The van der Waals surface area contributed by atoms with Gasteiger partial charge in [0, 0.05) is 6.26 Å². The van der Waals surface area contributed by atoms with Crippen molar-refractivity contribution in [1.29, 1.82) is 0 Å². The predicted octanol–water partition coefficient (Wildman–Crippen LogP) is 2.08. The summed E-state index contributed by atoms with van der Waals surface area (Å²) in [4.78, 5) is 11.6. The normalized spacial score (nSPS) is 13.0. The molecule has 20 heavy (non-hydrogen) atoms. The van der Waals surface area contributed by atoms with Gasteiger partial charge < -0.3 is 4.74 Å². The van der Waals surface area contributed by atoms with Crippen LogP contribution in [0.2, 0.25) is 0 Å². The van der Waals surface area contributed by atoms with Crippen molar-refractivity contribution in [1.82, 2.24) is 0 Å². The summed E-state index contributed by atoms with van der Waals surface area (Å²) < 4.78 is 40.9. The van der Waals surface area contributed by atoms with Crippen LogP contribution >= 0.6 is 0 Å². The maximum Gasteiger partial charge on any atom is 0.313 e. The van der Waals surface area contributed by atoms with Gasteiger partial charge >= 0.3 is 5.97 Å². The number of halogens is 1. The second-order valence-electron chi connectivity index (χ2n) is 4.70. The van der Waals surface area contributed by atoms with Crippen molar-refractivity contribution in [3.8, 4) is 0 Å². The van der Waals surface area contributed by atoms with Gasteiger partial charge in [0.05, 0.1) is 18.3 Å². The molecule has 1 aromatic carbocycles. The third-order valence-corrected chi connectivity index (χ3v) is 3.91. The lowest BCUT2D eigenvalue weighted by Gasteiger charge is -2.12. The number of carbonyl (C=O) groups is 1. The molecule has 0 aliphatic carbocycles. The van der Waals surface area contributed by atoms with Crippen LogP contribution in [0.1, 0.15) is 30.9 Å². The summed E-state index contributed by atoms with van der Waals surface area (Å²) in [6.45, 7) is 3.63. The quantitative estimate of drug-likeness (QED) is 0.755. The molecule has 0 spiro atoms. The van der Waals surface area contributed by atoms with Gasteiger partial charge in [-0.3, -0.25) is 4.79 Å². The van der Waals surface area contributed by atoms with Gasteiger partial charge in [-0.25, -0.2) is 12.8 Å². The van der Waals surface area contributed by atoms with Crippen LogP contribution in [0.15, 0.2) is 18.2 Å². The molecule has 1 unspecified atom stereocenters. The molecule has 0 heterocycles. The number of carbonyl (C=O) groups excluding carboxylic acids is 1. The largest absolute Gasteiger partial charge is 0.466 e. The molecule has 112 valence electrons. The first-order valence-corrected chi connectivity index (χ1v) is 8.43. The van der Waals surface area contributed by atoms with E-state index < -0.39 is 27.5 Å². The molecule has 0 aromatic heterocycles. The van der Waals surface area contributed by atoms with Gasteiger partial charge in [0.1, 0.15) is 15.7 Å². The van der Waals surface area contributed by atoms with E-state index in [1.165, 1.54) is 12.1 Å². The molecular weight excluding hydrogens is 283 g/mol. The molecule has 0 N–H and O–H groups in total. The molecule has 6 heteroatoms. The number of hydrogen-bond donors (Lipinski definition) is 0. The standard InChI is InChI=1S/C14H19FO4S/c1-4-19-14(16)10(2)12-6-5-11(13(15)9-12)7-8-20(3,17)18/h5-6,9-10H,4,7-8H2,1-3H3. The fraction of sp³-hybridized carbons (Fsp3) is 0.500. The van der Waals surface area contributed by atoms with E-state index in [0.717, 1.165) is 6.26 Å². The van der Waals surface area contributed by atoms with Crippen molar-refractivity contribution in [2.24, 2.45) is 0 Å². The van der Waals surface area contributed by atoms with Gasteiger partial charge in [0.2, 0.25) is 0 Å². The molecular formula is C14H19FO4S. The summed E-state index contributed by atoms with van der Waals surface area (Å²) in [5.74, 6) is -1.55. The first-order valence-electron chi connectivity index (χ1n) is 6.37. The Hall–Kier alpha value is -1.43. The molecule has 1 aromatic rings. The van der Waals surface area contributed by atoms with Crippen molar-refractivity contribution in [2.45, 2.75) is 26.2 Å². The van der Waals surface area contributed by atoms with E-state index in [-0.39, 0.29) is 18.8 Å². The molecule has 0 saturated heterocycles. The Bertz CT molecular complexity index is 581. The number of benzene rings is 1. The molecule has 0 saturated carbocycles. The highest BCUT2D eigenvalue weighted by atomic mass is 32.2. The minimum absolute atomic E-state index is 0.100.